The zero-order valence-corrected chi connectivity index (χ0v) is 13.4. The molecule has 0 heterocycles. The van der Waals surface area contributed by atoms with Crippen molar-refractivity contribution in [1.29, 1.82) is 0 Å². The van der Waals surface area contributed by atoms with Gasteiger partial charge in [-0.05, 0) is 35.0 Å². The zero-order valence-electron chi connectivity index (χ0n) is 11.9. The normalized spacial score (nSPS) is 11.2. The first-order valence-electron chi connectivity index (χ1n) is 6.74. The zero-order chi connectivity index (χ0) is 15.5. The van der Waals surface area contributed by atoms with E-state index >= 15 is 0 Å². The maximum Gasteiger partial charge on any atom is 0.128 e. The monoisotopic (exact) mass is 329 g/mol. The summed E-state index contributed by atoms with van der Waals surface area (Å²) in [5, 5.41) is 3.32. The van der Waals surface area contributed by atoms with Crippen molar-refractivity contribution in [2.45, 2.75) is 0 Å². The quantitative estimate of drug-likeness (QED) is 0.547. The molecule has 0 spiro atoms. The molecule has 0 unspecified atom stereocenters. The van der Waals surface area contributed by atoms with Crippen LogP contribution in [0, 0.1) is 0 Å². The molecule has 0 bridgehead atoms. The maximum absolute atomic E-state index is 6.16. The Bertz CT molecular complexity index is 859. The summed E-state index contributed by atoms with van der Waals surface area (Å²) in [7, 11) is 1.65. The molecule has 110 valence electrons. The average Bonchev–Trinajstić information content (AvgIpc) is 2.53. The number of aliphatic imine (C=N–C) groups is 1. The summed E-state index contributed by atoms with van der Waals surface area (Å²) < 4.78 is 5.45. The van der Waals surface area contributed by atoms with Gasteiger partial charge < -0.3 is 4.74 Å². The molecule has 0 N–H and O–H groups in total. The molecular formula is C18H13Cl2NO. The van der Waals surface area contributed by atoms with Crippen LogP contribution in [-0.4, -0.2) is 13.3 Å². The van der Waals surface area contributed by atoms with Crippen LogP contribution in [0.15, 0.2) is 59.6 Å². The van der Waals surface area contributed by atoms with Crippen LogP contribution >= 0.6 is 23.2 Å². The van der Waals surface area contributed by atoms with Crippen LogP contribution in [-0.2, 0) is 0 Å². The Morgan fingerprint density at radius 2 is 1.82 bits per heavy atom. The molecule has 0 amide bonds. The minimum atomic E-state index is 0.517. The van der Waals surface area contributed by atoms with E-state index in [0.717, 1.165) is 22.1 Å². The molecule has 0 aliphatic heterocycles. The second kappa shape index (κ2) is 6.39. The van der Waals surface area contributed by atoms with Gasteiger partial charge in [-0.1, -0.05) is 53.5 Å². The average molecular weight is 330 g/mol. The van der Waals surface area contributed by atoms with Gasteiger partial charge >= 0.3 is 0 Å². The second-order valence-corrected chi connectivity index (χ2v) is 5.60. The molecule has 3 rings (SSSR count). The van der Waals surface area contributed by atoms with Gasteiger partial charge in [0.25, 0.3) is 0 Å². The number of hydrogen-bond acceptors (Lipinski definition) is 2. The summed E-state index contributed by atoms with van der Waals surface area (Å²) in [6.45, 7) is 0. The summed E-state index contributed by atoms with van der Waals surface area (Å²) in [4.78, 5) is 4.48. The molecular weight excluding hydrogens is 317 g/mol. The molecule has 0 saturated heterocycles. The molecule has 4 heteroatoms. The fourth-order valence-corrected chi connectivity index (χ4v) is 2.76. The highest BCUT2D eigenvalue weighted by molar-refractivity contribution is 6.36. The number of fused-ring (bicyclic) bond motifs is 1. The van der Waals surface area contributed by atoms with Gasteiger partial charge in [0.2, 0.25) is 0 Å². The minimum Gasteiger partial charge on any atom is -0.496 e. The topological polar surface area (TPSA) is 21.6 Å². The summed E-state index contributed by atoms with van der Waals surface area (Å²) >= 11 is 12.1. The number of methoxy groups -OCH3 is 1. The van der Waals surface area contributed by atoms with Crippen LogP contribution in [0.1, 0.15) is 5.56 Å². The number of benzene rings is 3. The van der Waals surface area contributed by atoms with Gasteiger partial charge in [-0.2, -0.15) is 0 Å². The third-order valence-electron chi connectivity index (χ3n) is 3.39. The number of ether oxygens (including phenoxy) is 1. The van der Waals surface area contributed by atoms with Crippen LogP contribution in [0.25, 0.3) is 10.8 Å². The molecule has 0 aromatic heterocycles. The summed E-state index contributed by atoms with van der Waals surface area (Å²) in [5.74, 6) is 0.771. The molecule has 22 heavy (non-hydrogen) atoms. The van der Waals surface area contributed by atoms with E-state index in [0.29, 0.717) is 15.7 Å². The molecule has 0 fully saturated rings. The maximum atomic E-state index is 6.16. The first-order valence-corrected chi connectivity index (χ1v) is 7.49. The van der Waals surface area contributed by atoms with Crippen molar-refractivity contribution < 1.29 is 4.74 Å². The van der Waals surface area contributed by atoms with Gasteiger partial charge in [-0.3, -0.25) is 4.99 Å². The second-order valence-electron chi connectivity index (χ2n) is 4.76. The first-order chi connectivity index (χ1) is 10.7. The Balaban J connectivity index is 2.11. The van der Waals surface area contributed by atoms with Gasteiger partial charge in [0.05, 0.1) is 17.8 Å². The Morgan fingerprint density at radius 1 is 1.00 bits per heavy atom. The smallest absolute Gasteiger partial charge is 0.128 e. The fourth-order valence-electron chi connectivity index (χ4n) is 2.31. The van der Waals surface area contributed by atoms with Crippen molar-refractivity contribution in [1.82, 2.24) is 0 Å². The van der Waals surface area contributed by atoms with E-state index in [1.165, 1.54) is 0 Å². The Kier molecular flexibility index (Phi) is 4.32. The van der Waals surface area contributed by atoms with Gasteiger partial charge in [0.1, 0.15) is 5.75 Å². The lowest BCUT2D eigenvalue weighted by Crippen LogP contribution is -1.92. The molecule has 3 aromatic rings. The van der Waals surface area contributed by atoms with Crippen LogP contribution in [0.4, 0.5) is 5.69 Å². The van der Waals surface area contributed by atoms with Gasteiger partial charge in [0.15, 0.2) is 0 Å². The van der Waals surface area contributed by atoms with Crippen LogP contribution in [0.5, 0.6) is 5.75 Å². The van der Waals surface area contributed by atoms with Gasteiger partial charge in [-0.15, -0.1) is 0 Å². The third kappa shape index (κ3) is 2.94. The van der Waals surface area contributed by atoms with E-state index in [9.17, 15) is 0 Å². The van der Waals surface area contributed by atoms with Crippen molar-refractivity contribution in [3.05, 3.63) is 70.2 Å². The van der Waals surface area contributed by atoms with Crippen LogP contribution in [0.3, 0.4) is 0 Å². The SMILES string of the molecule is COc1ccc2ccccc2c1C=Nc1ccc(Cl)cc1Cl. The van der Waals surface area contributed by atoms with Crippen molar-refractivity contribution in [2.75, 3.05) is 7.11 Å². The summed E-state index contributed by atoms with van der Waals surface area (Å²) in [6, 6.07) is 17.3. The summed E-state index contributed by atoms with van der Waals surface area (Å²) in [6.07, 6.45) is 1.77. The minimum absolute atomic E-state index is 0.517. The molecule has 3 aromatic carbocycles. The lowest BCUT2D eigenvalue weighted by atomic mass is 10.0. The molecule has 0 aliphatic carbocycles. The molecule has 2 nitrogen and oxygen atoms in total. The number of rotatable bonds is 3. The predicted octanol–water partition coefficient (Wildman–Crippen LogP) is 5.91. The Hall–Kier alpha value is -2.03. The van der Waals surface area contributed by atoms with Crippen LogP contribution in [0.2, 0.25) is 10.0 Å². The van der Waals surface area contributed by atoms with E-state index in [2.05, 4.69) is 11.1 Å². The highest BCUT2D eigenvalue weighted by atomic mass is 35.5. The van der Waals surface area contributed by atoms with Gasteiger partial charge in [0, 0.05) is 16.8 Å². The van der Waals surface area contributed by atoms with Crippen molar-refractivity contribution in [3.63, 3.8) is 0 Å². The Labute approximate surface area is 139 Å². The number of nitrogens with zero attached hydrogens (tertiary/aromatic N) is 1. The van der Waals surface area contributed by atoms with Crippen LogP contribution < -0.4 is 4.74 Å². The molecule has 0 atom stereocenters. The van der Waals surface area contributed by atoms with E-state index in [4.69, 9.17) is 27.9 Å². The van der Waals surface area contributed by atoms with E-state index in [1.807, 2.05) is 30.3 Å². The Morgan fingerprint density at radius 3 is 2.59 bits per heavy atom. The van der Waals surface area contributed by atoms with Crippen molar-refractivity contribution >= 4 is 45.9 Å². The van der Waals surface area contributed by atoms with Crippen molar-refractivity contribution in [3.8, 4) is 5.75 Å². The van der Waals surface area contributed by atoms with E-state index < -0.39 is 0 Å². The van der Waals surface area contributed by atoms with E-state index in [1.54, 1.807) is 31.5 Å². The highest BCUT2D eigenvalue weighted by Gasteiger charge is 2.06. The lowest BCUT2D eigenvalue weighted by Gasteiger charge is -2.08. The largest absolute Gasteiger partial charge is 0.496 e. The molecule has 0 radical (unpaired) electrons. The molecule has 0 aliphatic rings. The number of hydrogen-bond donors (Lipinski definition) is 0. The fraction of sp³-hybridized carbons (Fsp3) is 0.0556. The van der Waals surface area contributed by atoms with Gasteiger partial charge in [-0.25, -0.2) is 0 Å². The predicted molar refractivity (Wildman–Crippen MR) is 94.2 cm³/mol. The molecule has 0 saturated carbocycles. The van der Waals surface area contributed by atoms with E-state index in [-0.39, 0.29) is 0 Å². The first kappa shape index (κ1) is 14.9. The third-order valence-corrected chi connectivity index (χ3v) is 3.93. The highest BCUT2D eigenvalue weighted by Crippen LogP contribution is 2.30. The number of halogens is 2. The lowest BCUT2D eigenvalue weighted by molar-refractivity contribution is 0.415. The van der Waals surface area contributed by atoms with Crippen molar-refractivity contribution in [2.24, 2.45) is 4.99 Å². The standard InChI is InChI=1S/C18H13Cl2NO/c1-22-18-9-6-12-4-2-3-5-14(12)15(18)11-21-17-8-7-13(19)10-16(17)20/h2-11H,1H3. The summed E-state index contributed by atoms with van der Waals surface area (Å²) in [5.41, 5.74) is 1.59.